The van der Waals surface area contributed by atoms with Crippen LogP contribution in [0.25, 0.3) is 32.2 Å². The van der Waals surface area contributed by atoms with Crippen LogP contribution in [0.2, 0.25) is 0 Å². The minimum absolute atomic E-state index is 0.296. The van der Waals surface area contributed by atoms with Gasteiger partial charge in [-0.25, -0.2) is 4.79 Å². The van der Waals surface area contributed by atoms with Crippen LogP contribution in [0.1, 0.15) is 28.8 Å². The molecule has 0 spiro atoms. The molecule has 0 atom stereocenters. The normalized spacial score (nSPS) is 13.8. The molecular weight excluding hydrogens is 560 g/mol. The van der Waals surface area contributed by atoms with E-state index in [1.165, 1.54) is 22.6 Å². The van der Waals surface area contributed by atoms with Crippen LogP contribution < -0.4 is 9.74 Å². The van der Waals surface area contributed by atoms with Crippen molar-refractivity contribution in [1.29, 1.82) is 0 Å². The number of hydrogen-bond donors (Lipinski definition) is 0. The molecule has 10 heteroatoms. The Balaban J connectivity index is 0.947. The summed E-state index contributed by atoms with van der Waals surface area (Å²) in [6.07, 6.45) is 2.33. The molecule has 0 N–H and O–H groups in total. The van der Waals surface area contributed by atoms with E-state index in [9.17, 15) is 4.79 Å². The van der Waals surface area contributed by atoms with Gasteiger partial charge in [0.05, 0.1) is 18.3 Å². The first-order valence-electron chi connectivity index (χ1n) is 14.2. The zero-order valence-electron chi connectivity index (χ0n) is 23.2. The first-order valence-corrected chi connectivity index (χ1v) is 15.0. The van der Waals surface area contributed by atoms with Gasteiger partial charge in [0.15, 0.2) is 0 Å². The van der Waals surface area contributed by atoms with Crippen LogP contribution in [0.4, 0.5) is 5.69 Å². The largest absolute Gasteiger partial charge is 0.373 e. The highest BCUT2D eigenvalue weighted by molar-refractivity contribution is 7.17. The van der Waals surface area contributed by atoms with E-state index < -0.39 is 5.97 Å². The van der Waals surface area contributed by atoms with Crippen molar-refractivity contribution in [2.75, 3.05) is 18.0 Å². The van der Waals surface area contributed by atoms with Crippen molar-refractivity contribution < 1.29 is 14.4 Å². The van der Waals surface area contributed by atoms with E-state index in [4.69, 9.17) is 9.57 Å². The summed E-state index contributed by atoms with van der Waals surface area (Å²) >= 11 is 1.51. The monoisotopic (exact) mass is 588 g/mol. The Labute approximate surface area is 252 Å². The molecule has 7 rings (SSSR count). The van der Waals surface area contributed by atoms with Gasteiger partial charge in [-0.15, -0.1) is 15.3 Å². The molecule has 1 aliphatic rings. The minimum atomic E-state index is -0.524. The molecule has 0 saturated carbocycles. The summed E-state index contributed by atoms with van der Waals surface area (Å²) in [6, 6.07) is 33.2. The molecule has 43 heavy (non-hydrogen) atoms. The summed E-state index contributed by atoms with van der Waals surface area (Å²) in [7, 11) is 0. The van der Waals surface area contributed by atoms with Crippen molar-refractivity contribution in [1.82, 2.24) is 25.4 Å². The number of nitrogens with zero attached hydrogens (tertiary/aromatic N) is 6. The van der Waals surface area contributed by atoms with Gasteiger partial charge in [-0.1, -0.05) is 70.8 Å². The zero-order chi connectivity index (χ0) is 29.0. The predicted octanol–water partition coefficient (Wildman–Crippen LogP) is 6.07. The van der Waals surface area contributed by atoms with E-state index in [1.807, 2.05) is 30.3 Å². The van der Waals surface area contributed by atoms with Gasteiger partial charge < -0.3 is 14.5 Å². The molecule has 6 aromatic rings. The van der Waals surface area contributed by atoms with Crippen molar-refractivity contribution in [2.24, 2.45) is 0 Å². The fraction of sp³-hybridized carbons (Fsp3) is 0.182. The lowest BCUT2D eigenvalue weighted by Crippen LogP contribution is -2.36. The molecule has 0 aliphatic carbocycles. The van der Waals surface area contributed by atoms with Crippen LogP contribution in [-0.2, 0) is 11.3 Å². The quantitative estimate of drug-likeness (QED) is 0.198. The third-order valence-electron chi connectivity index (χ3n) is 7.53. The summed E-state index contributed by atoms with van der Waals surface area (Å²) < 4.78 is 6.15. The molecule has 214 valence electrons. The number of ether oxygens (including phenoxy) is 1. The molecule has 2 aromatic heterocycles. The molecule has 0 unspecified atom stereocenters. The molecule has 0 amide bonds. The highest BCUT2D eigenvalue weighted by atomic mass is 32.1. The van der Waals surface area contributed by atoms with Gasteiger partial charge in [-0.05, 0) is 72.1 Å². The second-order valence-corrected chi connectivity index (χ2v) is 11.3. The summed E-state index contributed by atoms with van der Waals surface area (Å²) in [6.45, 7) is 2.61. The Hall–Kier alpha value is -4.93. The second kappa shape index (κ2) is 12.1. The van der Waals surface area contributed by atoms with Gasteiger partial charge >= 0.3 is 5.97 Å². The maximum atomic E-state index is 12.7. The number of benzene rings is 4. The smallest absolute Gasteiger partial charge is 0.365 e. The van der Waals surface area contributed by atoms with Crippen molar-refractivity contribution in [3.05, 3.63) is 114 Å². The second-order valence-electron chi connectivity index (χ2n) is 10.3. The van der Waals surface area contributed by atoms with E-state index >= 15 is 0 Å². The van der Waals surface area contributed by atoms with Crippen LogP contribution in [0.5, 0.6) is 0 Å². The number of carbonyl (C=O) groups is 1. The van der Waals surface area contributed by atoms with Crippen LogP contribution in [0, 0.1) is 0 Å². The molecule has 1 saturated heterocycles. The highest BCUT2D eigenvalue weighted by Gasteiger charge is 2.20. The number of carbonyl (C=O) groups excluding carboxylic acids is 1. The summed E-state index contributed by atoms with van der Waals surface area (Å²) in [4.78, 5) is 21.7. The third-order valence-corrected chi connectivity index (χ3v) is 8.55. The molecule has 1 aliphatic heterocycles. The molecular formula is C33H28N6O3S. The predicted molar refractivity (Wildman–Crippen MR) is 166 cm³/mol. The van der Waals surface area contributed by atoms with Gasteiger partial charge in [-0.3, -0.25) is 0 Å². The van der Waals surface area contributed by atoms with E-state index in [1.54, 1.807) is 24.3 Å². The number of hydrogen-bond acceptors (Lipinski definition) is 9. The van der Waals surface area contributed by atoms with E-state index in [0.717, 1.165) is 51.9 Å². The van der Waals surface area contributed by atoms with Crippen LogP contribution in [0.15, 0.2) is 103 Å². The molecule has 9 nitrogen and oxygen atoms in total. The number of aromatic nitrogens is 5. The van der Waals surface area contributed by atoms with Crippen molar-refractivity contribution in [3.8, 4) is 21.1 Å². The number of para-hydroxylation sites is 1. The average Bonchev–Trinajstić information content (AvgIpc) is 3.73. The third kappa shape index (κ3) is 6.01. The van der Waals surface area contributed by atoms with E-state index in [-0.39, 0.29) is 0 Å². The average molecular weight is 589 g/mol. The lowest BCUT2D eigenvalue weighted by molar-refractivity contribution is 0.0251. The maximum Gasteiger partial charge on any atom is 0.365 e. The number of anilines is 1. The fourth-order valence-corrected chi connectivity index (χ4v) is 5.99. The van der Waals surface area contributed by atoms with Crippen molar-refractivity contribution in [2.45, 2.75) is 25.6 Å². The Morgan fingerprint density at radius 1 is 0.767 bits per heavy atom. The standard InChI is InChI=1S/C33H28N6O3S/c40-33(42-39-30-9-5-4-8-29(30)34-37-39)26-12-10-24(11-13-26)31-35-36-32(43-31)25-14-16-27(17-15-25)38-20-18-28(19-21-38)41-22-23-6-2-1-3-7-23/h1-17,28H,18-22H2. The number of piperidine rings is 1. The van der Waals surface area contributed by atoms with Gasteiger partial charge in [0.2, 0.25) is 0 Å². The van der Waals surface area contributed by atoms with Gasteiger partial charge in [0.25, 0.3) is 0 Å². The van der Waals surface area contributed by atoms with Crippen LogP contribution in [0.3, 0.4) is 0 Å². The lowest BCUT2D eigenvalue weighted by atomic mass is 10.1. The Kier molecular flexibility index (Phi) is 7.60. The Bertz CT molecular complexity index is 1830. The first kappa shape index (κ1) is 26.9. The molecule has 3 heterocycles. The molecule has 0 radical (unpaired) electrons. The fourth-order valence-electron chi connectivity index (χ4n) is 5.14. The summed E-state index contributed by atoms with van der Waals surface area (Å²) in [5.74, 6) is -0.524. The van der Waals surface area contributed by atoms with E-state index in [2.05, 4.69) is 73.9 Å². The zero-order valence-corrected chi connectivity index (χ0v) is 24.1. The van der Waals surface area contributed by atoms with Crippen molar-refractivity contribution in [3.63, 3.8) is 0 Å². The topological polar surface area (TPSA) is 95.3 Å². The van der Waals surface area contributed by atoms with Gasteiger partial charge in [0, 0.05) is 29.9 Å². The highest BCUT2D eigenvalue weighted by Crippen LogP contribution is 2.32. The molecule has 4 aromatic carbocycles. The minimum Gasteiger partial charge on any atom is -0.373 e. The number of rotatable bonds is 8. The van der Waals surface area contributed by atoms with E-state index in [0.29, 0.717) is 29.3 Å². The molecule has 0 bridgehead atoms. The number of fused-ring (bicyclic) bond motifs is 1. The van der Waals surface area contributed by atoms with Crippen molar-refractivity contribution >= 4 is 34.0 Å². The van der Waals surface area contributed by atoms with Crippen LogP contribution in [-0.4, -0.2) is 50.5 Å². The molecule has 1 fully saturated rings. The maximum absolute atomic E-state index is 12.7. The Morgan fingerprint density at radius 2 is 1.42 bits per heavy atom. The van der Waals surface area contributed by atoms with Gasteiger partial charge in [-0.2, -0.15) is 0 Å². The lowest BCUT2D eigenvalue weighted by Gasteiger charge is -2.33. The first-order chi connectivity index (χ1) is 21.2. The Morgan fingerprint density at radius 3 is 2.14 bits per heavy atom. The van der Waals surface area contributed by atoms with Gasteiger partial charge in [0.1, 0.15) is 21.0 Å². The SMILES string of the molecule is O=C(On1nnc2ccccc21)c1ccc(-c2nnc(-c3ccc(N4CCC(OCc5ccccc5)CC4)cc3)s2)cc1. The summed E-state index contributed by atoms with van der Waals surface area (Å²) in [5, 5.41) is 18.4. The summed E-state index contributed by atoms with van der Waals surface area (Å²) in [5.41, 5.74) is 5.99. The van der Waals surface area contributed by atoms with Crippen LogP contribution >= 0.6 is 11.3 Å².